The van der Waals surface area contributed by atoms with E-state index < -0.39 is 5.97 Å². The van der Waals surface area contributed by atoms with Crippen LogP contribution in [0.15, 0.2) is 0 Å². The second-order valence-corrected chi connectivity index (χ2v) is 4.55. The van der Waals surface area contributed by atoms with Crippen molar-refractivity contribution < 1.29 is 15.0 Å². The predicted octanol–water partition coefficient (Wildman–Crippen LogP) is 1.48. The highest BCUT2D eigenvalue weighted by Crippen LogP contribution is 2.23. The lowest BCUT2D eigenvalue weighted by Gasteiger charge is -2.27. The van der Waals surface area contributed by atoms with Gasteiger partial charge in [0.25, 0.3) is 0 Å². The zero-order valence-electron chi connectivity index (χ0n) is 9.90. The first-order chi connectivity index (χ1) is 7.74. The van der Waals surface area contributed by atoms with E-state index >= 15 is 0 Å². The van der Waals surface area contributed by atoms with Gasteiger partial charge in [0.1, 0.15) is 0 Å². The highest BCUT2D eigenvalue weighted by molar-refractivity contribution is 5.66. The molecule has 4 nitrogen and oxygen atoms in total. The van der Waals surface area contributed by atoms with Gasteiger partial charge >= 0.3 is 5.97 Å². The van der Waals surface area contributed by atoms with Gasteiger partial charge in [-0.1, -0.05) is 12.8 Å². The van der Waals surface area contributed by atoms with Gasteiger partial charge in [-0.3, -0.25) is 9.69 Å². The van der Waals surface area contributed by atoms with Crippen LogP contribution < -0.4 is 0 Å². The Morgan fingerprint density at radius 2 is 1.88 bits per heavy atom. The summed E-state index contributed by atoms with van der Waals surface area (Å²) < 4.78 is 0. The number of nitrogens with zero attached hydrogens (tertiary/aromatic N) is 1. The number of hydrogen-bond donors (Lipinski definition) is 2. The monoisotopic (exact) mass is 229 g/mol. The molecule has 94 valence electrons. The molecule has 4 heteroatoms. The smallest absolute Gasteiger partial charge is 0.303 e. The van der Waals surface area contributed by atoms with Gasteiger partial charge in [0, 0.05) is 19.0 Å². The number of aliphatic hydroxyl groups is 1. The van der Waals surface area contributed by atoms with Gasteiger partial charge in [-0.25, -0.2) is 0 Å². The summed E-state index contributed by atoms with van der Waals surface area (Å²) in [6, 6.07) is 0.622. The Bertz CT molecular complexity index is 202. The van der Waals surface area contributed by atoms with Crippen molar-refractivity contribution in [1.29, 1.82) is 0 Å². The van der Waals surface area contributed by atoms with Crippen molar-refractivity contribution in [2.75, 3.05) is 19.7 Å². The summed E-state index contributed by atoms with van der Waals surface area (Å²) in [6.45, 7) is 1.87. The van der Waals surface area contributed by atoms with Crippen LogP contribution in [0.25, 0.3) is 0 Å². The molecule has 1 aliphatic rings. The first-order valence-corrected chi connectivity index (χ1v) is 6.30. The molecule has 0 atom stereocenters. The third-order valence-corrected chi connectivity index (χ3v) is 3.31. The lowest BCUT2D eigenvalue weighted by molar-refractivity contribution is -0.137. The fraction of sp³-hybridized carbons (Fsp3) is 0.917. The number of carbonyl (C=O) groups is 1. The molecule has 0 unspecified atom stereocenters. The van der Waals surface area contributed by atoms with Gasteiger partial charge in [-0.05, 0) is 32.2 Å². The largest absolute Gasteiger partial charge is 0.481 e. The molecule has 2 N–H and O–H groups in total. The number of aliphatic carboxylic acids is 1. The minimum Gasteiger partial charge on any atom is -0.481 e. The summed E-state index contributed by atoms with van der Waals surface area (Å²) >= 11 is 0. The molecule has 0 aliphatic heterocycles. The second-order valence-electron chi connectivity index (χ2n) is 4.55. The predicted molar refractivity (Wildman–Crippen MR) is 62.4 cm³/mol. The molecule has 1 saturated carbocycles. The van der Waals surface area contributed by atoms with E-state index in [2.05, 4.69) is 4.90 Å². The first-order valence-electron chi connectivity index (χ1n) is 6.30. The molecule has 0 saturated heterocycles. The Morgan fingerprint density at radius 1 is 1.19 bits per heavy atom. The van der Waals surface area contributed by atoms with Gasteiger partial charge in [0.2, 0.25) is 0 Å². The van der Waals surface area contributed by atoms with E-state index in [4.69, 9.17) is 10.2 Å². The van der Waals surface area contributed by atoms with Crippen molar-refractivity contribution in [2.45, 2.75) is 51.0 Å². The van der Waals surface area contributed by atoms with Crippen LogP contribution in [-0.2, 0) is 4.79 Å². The summed E-state index contributed by atoms with van der Waals surface area (Å²) in [6.07, 6.45) is 6.98. The fourth-order valence-electron chi connectivity index (χ4n) is 2.47. The maximum atomic E-state index is 10.4. The molecule has 0 spiro atoms. The van der Waals surface area contributed by atoms with Crippen LogP contribution in [0.3, 0.4) is 0 Å². The summed E-state index contributed by atoms with van der Waals surface area (Å²) in [7, 11) is 0. The average molecular weight is 229 g/mol. The van der Waals surface area contributed by atoms with E-state index in [1.54, 1.807) is 0 Å². The number of carboxylic acid groups (broad SMARTS) is 1. The number of carboxylic acids is 1. The quantitative estimate of drug-likeness (QED) is 0.619. The molecule has 0 amide bonds. The molecule has 0 aromatic rings. The van der Waals surface area contributed by atoms with E-state index in [1.807, 2.05) is 0 Å². The average Bonchev–Trinajstić information content (AvgIpc) is 2.75. The van der Waals surface area contributed by atoms with Crippen molar-refractivity contribution in [3.05, 3.63) is 0 Å². The first kappa shape index (κ1) is 13.5. The van der Waals surface area contributed by atoms with Crippen LogP contribution in [-0.4, -0.2) is 46.8 Å². The van der Waals surface area contributed by atoms with Crippen LogP contribution in [0, 0.1) is 0 Å². The molecule has 0 heterocycles. The van der Waals surface area contributed by atoms with Crippen LogP contribution in [0.2, 0.25) is 0 Å². The number of rotatable bonds is 8. The lowest BCUT2D eigenvalue weighted by atomic mass is 10.1. The molecule has 1 aliphatic carbocycles. The van der Waals surface area contributed by atoms with Crippen LogP contribution >= 0.6 is 0 Å². The second kappa shape index (κ2) is 7.63. The van der Waals surface area contributed by atoms with Gasteiger partial charge in [0.05, 0.1) is 6.61 Å². The lowest BCUT2D eigenvalue weighted by Crippen LogP contribution is -2.36. The van der Waals surface area contributed by atoms with E-state index in [0.29, 0.717) is 6.04 Å². The molecule has 0 aromatic carbocycles. The Kier molecular flexibility index (Phi) is 6.42. The third-order valence-electron chi connectivity index (χ3n) is 3.31. The SMILES string of the molecule is O=C(O)CCCCN(CCO)C1CCCC1. The minimum absolute atomic E-state index is 0.204. The van der Waals surface area contributed by atoms with Gasteiger partial charge in [-0.15, -0.1) is 0 Å². The van der Waals surface area contributed by atoms with Crippen molar-refractivity contribution in [3.8, 4) is 0 Å². The highest BCUT2D eigenvalue weighted by atomic mass is 16.4. The van der Waals surface area contributed by atoms with Gasteiger partial charge < -0.3 is 10.2 Å². The normalized spacial score (nSPS) is 17.1. The summed E-state index contributed by atoms with van der Waals surface area (Å²) in [4.78, 5) is 12.7. The number of aliphatic hydroxyl groups excluding tert-OH is 1. The van der Waals surface area contributed by atoms with Crippen molar-refractivity contribution in [3.63, 3.8) is 0 Å². The van der Waals surface area contributed by atoms with Crippen molar-refractivity contribution in [1.82, 2.24) is 4.90 Å². The van der Waals surface area contributed by atoms with E-state index in [-0.39, 0.29) is 13.0 Å². The molecular weight excluding hydrogens is 206 g/mol. The molecular formula is C12H23NO3. The Morgan fingerprint density at radius 3 is 2.44 bits per heavy atom. The molecule has 0 bridgehead atoms. The minimum atomic E-state index is -0.713. The van der Waals surface area contributed by atoms with E-state index in [1.165, 1.54) is 25.7 Å². The molecule has 1 fully saturated rings. The van der Waals surface area contributed by atoms with Crippen LogP contribution in [0.5, 0.6) is 0 Å². The summed E-state index contributed by atoms with van der Waals surface area (Å²) in [5.41, 5.74) is 0. The zero-order chi connectivity index (χ0) is 11.8. The molecule has 16 heavy (non-hydrogen) atoms. The molecule has 0 radical (unpaired) electrons. The van der Waals surface area contributed by atoms with E-state index in [9.17, 15) is 4.79 Å². The standard InChI is InChI=1S/C12H23NO3/c14-10-9-13(11-5-1-2-6-11)8-4-3-7-12(15)16/h11,14H,1-10H2,(H,15,16). The van der Waals surface area contributed by atoms with E-state index in [0.717, 1.165) is 25.9 Å². The summed E-state index contributed by atoms with van der Waals surface area (Å²) in [5.74, 6) is -0.713. The zero-order valence-corrected chi connectivity index (χ0v) is 9.90. The topological polar surface area (TPSA) is 60.8 Å². The Hall–Kier alpha value is -0.610. The van der Waals surface area contributed by atoms with Crippen molar-refractivity contribution >= 4 is 5.97 Å². The molecule has 1 rings (SSSR count). The summed E-state index contributed by atoms with van der Waals surface area (Å²) in [5, 5.41) is 17.5. The van der Waals surface area contributed by atoms with Crippen molar-refractivity contribution in [2.24, 2.45) is 0 Å². The van der Waals surface area contributed by atoms with Crippen LogP contribution in [0.1, 0.15) is 44.9 Å². The number of unbranched alkanes of at least 4 members (excludes halogenated alkanes) is 1. The third kappa shape index (κ3) is 4.94. The number of hydrogen-bond acceptors (Lipinski definition) is 3. The van der Waals surface area contributed by atoms with Gasteiger partial charge in [-0.2, -0.15) is 0 Å². The Balaban J connectivity index is 2.19. The maximum absolute atomic E-state index is 10.4. The Labute approximate surface area is 97.3 Å². The maximum Gasteiger partial charge on any atom is 0.303 e. The fourth-order valence-corrected chi connectivity index (χ4v) is 2.47. The van der Waals surface area contributed by atoms with Gasteiger partial charge in [0.15, 0.2) is 0 Å². The van der Waals surface area contributed by atoms with Crippen LogP contribution in [0.4, 0.5) is 0 Å². The highest BCUT2D eigenvalue weighted by Gasteiger charge is 2.21. The molecule has 0 aromatic heterocycles.